The van der Waals surface area contributed by atoms with Gasteiger partial charge in [0.05, 0.1) is 11.4 Å². The summed E-state index contributed by atoms with van der Waals surface area (Å²) in [4.78, 5) is 16.2. The Kier molecular flexibility index (Phi) is 4.26. The van der Waals surface area contributed by atoms with E-state index in [1.807, 2.05) is 66.7 Å². The number of amides is 1. The number of para-hydroxylation sites is 1. The number of benzene rings is 2. The first-order valence-corrected chi connectivity index (χ1v) is 8.13. The Labute approximate surface area is 149 Å². The molecule has 4 aromatic rings. The third-order valence-corrected chi connectivity index (χ3v) is 3.82. The molecule has 1 amide bonds. The fourth-order valence-corrected chi connectivity index (χ4v) is 2.63. The smallest absolute Gasteiger partial charge is 0.247 e. The van der Waals surface area contributed by atoms with Crippen LogP contribution in [0, 0.1) is 0 Å². The SMILES string of the molecule is O=C(Cn1cncn1)Nc1cc(-c2ccccc2)nn1-c1ccccc1. The van der Waals surface area contributed by atoms with Crippen LogP contribution in [0.2, 0.25) is 0 Å². The highest BCUT2D eigenvalue weighted by Crippen LogP contribution is 2.24. The summed E-state index contributed by atoms with van der Waals surface area (Å²) in [7, 11) is 0. The van der Waals surface area contributed by atoms with Crippen molar-refractivity contribution in [3.63, 3.8) is 0 Å². The summed E-state index contributed by atoms with van der Waals surface area (Å²) >= 11 is 0. The monoisotopic (exact) mass is 344 g/mol. The second-order valence-corrected chi connectivity index (χ2v) is 5.67. The molecule has 26 heavy (non-hydrogen) atoms. The number of hydrogen-bond acceptors (Lipinski definition) is 4. The van der Waals surface area contributed by atoms with Crippen molar-refractivity contribution in [3.8, 4) is 16.9 Å². The van der Waals surface area contributed by atoms with Gasteiger partial charge in [0.25, 0.3) is 0 Å². The molecular weight excluding hydrogens is 328 g/mol. The maximum absolute atomic E-state index is 12.4. The minimum Gasteiger partial charge on any atom is -0.309 e. The summed E-state index contributed by atoms with van der Waals surface area (Å²) in [6.07, 6.45) is 2.90. The molecular formula is C19H16N6O. The molecule has 0 bridgehead atoms. The van der Waals surface area contributed by atoms with Crippen LogP contribution < -0.4 is 5.32 Å². The van der Waals surface area contributed by atoms with E-state index in [0.29, 0.717) is 5.82 Å². The van der Waals surface area contributed by atoms with Gasteiger partial charge in [0.2, 0.25) is 5.91 Å². The van der Waals surface area contributed by atoms with Gasteiger partial charge in [-0.3, -0.25) is 4.79 Å². The molecule has 1 N–H and O–H groups in total. The van der Waals surface area contributed by atoms with Gasteiger partial charge in [-0.25, -0.2) is 14.3 Å². The van der Waals surface area contributed by atoms with Crippen molar-refractivity contribution in [2.75, 3.05) is 5.32 Å². The van der Waals surface area contributed by atoms with E-state index in [-0.39, 0.29) is 12.5 Å². The molecule has 128 valence electrons. The molecule has 7 nitrogen and oxygen atoms in total. The number of carbonyl (C=O) groups excluding carboxylic acids is 1. The largest absolute Gasteiger partial charge is 0.309 e. The highest BCUT2D eigenvalue weighted by Gasteiger charge is 2.14. The minimum atomic E-state index is -0.202. The molecule has 0 aliphatic heterocycles. The van der Waals surface area contributed by atoms with Gasteiger partial charge in [-0.15, -0.1) is 0 Å². The summed E-state index contributed by atoms with van der Waals surface area (Å²) in [6.45, 7) is 0.0840. The van der Waals surface area contributed by atoms with Crippen LogP contribution in [-0.4, -0.2) is 30.5 Å². The van der Waals surface area contributed by atoms with E-state index in [1.165, 1.54) is 17.3 Å². The highest BCUT2D eigenvalue weighted by molar-refractivity contribution is 5.90. The van der Waals surface area contributed by atoms with Gasteiger partial charge in [-0.2, -0.15) is 10.2 Å². The van der Waals surface area contributed by atoms with Gasteiger partial charge in [0.1, 0.15) is 25.0 Å². The first-order valence-electron chi connectivity index (χ1n) is 8.13. The summed E-state index contributed by atoms with van der Waals surface area (Å²) in [5, 5.41) is 11.5. The Morgan fingerprint density at radius 1 is 1.00 bits per heavy atom. The zero-order chi connectivity index (χ0) is 17.8. The van der Waals surface area contributed by atoms with Crippen LogP contribution >= 0.6 is 0 Å². The molecule has 0 aliphatic rings. The van der Waals surface area contributed by atoms with Crippen molar-refractivity contribution in [3.05, 3.63) is 79.4 Å². The standard InChI is InChI=1S/C19H16N6O/c26-19(12-24-14-20-13-21-24)22-18-11-17(15-7-3-1-4-8-15)23-25(18)16-9-5-2-6-10-16/h1-11,13-14H,12H2,(H,22,26). The van der Waals surface area contributed by atoms with Crippen molar-refractivity contribution in [2.24, 2.45) is 0 Å². The van der Waals surface area contributed by atoms with Crippen LogP contribution in [0.3, 0.4) is 0 Å². The second kappa shape index (κ2) is 7.02. The van der Waals surface area contributed by atoms with Gasteiger partial charge in [-0.1, -0.05) is 48.5 Å². The number of aromatic nitrogens is 5. The number of rotatable bonds is 5. The molecule has 4 rings (SSSR count). The Balaban J connectivity index is 1.67. The van der Waals surface area contributed by atoms with Gasteiger partial charge >= 0.3 is 0 Å². The zero-order valence-corrected chi connectivity index (χ0v) is 13.9. The third-order valence-electron chi connectivity index (χ3n) is 3.82. The van der Waals surface area contributed by atoms with E-state index in [9.17, 15) is 4.79 Å². The Hall–Kier alpha value is -3.74. The van der Waals surface area contributed by atoms with Crippen LogP contribution in [0.25, 0.3) is 16.9 Å². The number of hydrogen-bond donors (Lipinski definition) is 1. The molecule has 7 heteroatoms. The molecule has 0 radical (unpaired) electrons. The molecule has 0 atom stereocenters. The quantitative estimate of drug-likeness (QED) is 0.604. The molecule has 0 saturated heterocycles. The maximum atomic E-state index is 12.4. The predicted molar refractivity (Wildman–Crippen MR) is 97.7 cm³/mol. The van der Waals surface area contributed by atoms with Crippen LogP contribution in [0.1, 0.15) is 0 Å². The lowest BCUT2D eigenvalue weighted by molar-refractivity contribution is -0.116. The molecule has 2 heterocycles. The van der Waals surface area contributed by atoms with Crippen molar-refractivity contribution in [2.45, 2.75) is 6.54 Å². The first-order chi connectivity index (χ1) is 12.8. The molecule has 0 spiro atoms. The highest BCUT2D eigenvalue weighted by atomic mass is 16.2. The van der Waals surface area contributed by atoms with E-state index in [2.05, 4.69) is 20.5 Å². The van der Waals surface area contributed by atoms with E-state index in [1.54, 1.807) is 4.68 Å². The lowest BCUT2D eigenvalue weighted by Gasteiger charge is -2.08. The van der Waals surface area contributed by atoms with Crippen LogP contribution in [0.5, 0.6) is 0 Å². The minimum absolute atomic E-state index is 0.0840. The summed E-state index contributed by atoms with van der Waals surface area (Å²) in [5.41, 5.74) is 2.63. The lowest BCUT2D eigenvalue weighted by Crippen LogP contribution is -2.20. The fraction of sp³-hybridized carbons (Fsp3) is 0.0526. The number of carbonyl (C=O) groups is 1. The Morgan fingerprint density at radius 3 is 2.42 bits per heavy atom. The normalized spacial score (nSPS) is 10.6. The summed E-state index contributed by atoms with van der Waals surface area (Å²) in [5.74, 6) is 0.396. The van der Waals surface area contributed by atoms with Crippen molar-refractivity contribution in [1.29, 1.82) is 0 Å². The average Bonchev–Trinajstić information content (AvgIpc) is 3.33. The Bertz CT molecular complexity index is 993. The van der Waals surface area contributed by atoms with Crippen LogP contribution in [0.15, 0.2) is 79.4 Å². The van der Waals surface area contributed by atoms with Gasteiger partial charge in [0.15, 0.2) is 0 Å². The molecule has 0 unspecified atom stereocenters. The molecule has 2 aromatic heterocycles. The topological polar surface area (TPSA) is 77.6 Å². The van der Waals surface area contributed by atoms with Gasteiger partial charge in [-0.05, 0) is 12.1 Å². The molecule has 0 fully saturated rings. The molecule has 2 aromatic carbocycles. The fourth-order valence-electron chi connectivity index (χ4n) is 2.63. The Morgan fingerprint density at radius 2 is 1.73 bits per heavy atom. The molecule has 0 saturated carbocycles. The first kappa shape index (κ1) is 15.8. The summed E-state index contributed by atoms with van der Waals surface area (Å²) in [6, 6.07) is 21.4. The van der Waals surface area contributed by atoms with E-state index < -0.39 is 0 Å². The van der Waals surface area contributed by atoms with Crippen LogP contribution in [-0.2, 0) is 11.3 Å². The number of nitrogens with one attached hydrogen (secondary N) is 1. The van der Waals surface area contributed by atoms with Gasteiger partial charge < -0.3 is 5.32 Å². The third kappa shape index (κ3) is 3.36. The van der Waals surface area contributed by atoms with E-state index in [4.69, 9.17) is 0 Å². The predicted octanol–water partition coefficient (Wildman–Crippen LogP) is 2.77. The van der Waals surface area contributed by atoms with Crippen LogP contribution in [0.4, 0.5) is 5.82 Å². The molecule has 0 aliphatic carbocycles. The van der Waals surface area contributed by atoms with E-state index >= 15 is 0 Å². The number of nitrogens with zero attached hydrogens (tertiary/aromatic N) is 5. The maximum Gasteiger partial charge on any atom is 0.247 e. The average molecular weight is 344 g/mol. The lowest BCUT2D eigenvalue weighted by atomic mass is 10.2. The van der Waals surface area contributed by atoms with Crippen molar-refractivity contribution in [1.82, 2.24) is 24.5 Å². The number of anilines is 1. The zero-order valence-electron chi connectivity index (χ0n) is 13.9. The summed E-state index contributed by atoms with van der Waals surface area (Å²) < 4.78 is 3.19. The van der Waals surface area contributed by atoms with Crippen molar-refractivity contribution >= 4 is 11.7 Å². The van der Waals surface area contributed by atoms with E-state index in [0.717, 1.165) is 16.9 Å². The second-order valence-electron chi connectivity index (χ2n) is 5.67. The van der Waals surface area contributed by atoms with Crippen molar-refractivity contribution < 1.29 is 4.79 Å². The van der Waals surface area contributed by atoms with Gasteiger partial charge in [0, 0.05) is 11.6 Å².